The third kappa shape index (κ3) is 5.23. The highest BCUT2D eigenvalue weighted by atomic mass is 32.1. The van der Waals surface area contributed by atoms with Gasteiger partial charge in [0.1, 0.15) is 5.82 Å². The van der Waals surface area contributed by atoms with E-state index in [1.54, 1.807) is 12.1 Å². The predicted molar refractivity (Wildman–Crippen MR) is 86.0 cm³/mol. The third-order valence-corrected chi connectivity index (χ3v) is 3.62. The molecule has 0 aliphatic rings. The molecule has 0 aliphatic carbocycles. The Morgan fingerprint density at radius 1 is 1.05 bits per heavy atom. The molecule has 2 aromatic rings. The van der Waals surface area contributed by atoms with E-state index in [1.165, 1.54) is 12.1 Å². The van der Waals surface area contributed by atoms with Crippen LogP contribution in [0.15, 0.2) is 54.6 Å². The highest BCUT2D eigenvalue weighted by Gasteiger charge is 2.13. The standard InChI is InChI=1S/C17H18FNOS/c18-15-8-6-13(7-9-15)10-11-19-17(20)16(21)12-14-4-2-1-3-5-14/h1-9,16,21H,10-12H2,(H,19,20). The van der Waals surface area contributed by atoms with E-state index in [1.807, 2.05) is 30.3 Å². The molecule has 21 heavy (non-hydrogen) atoms. The van der Waals surface area contributed by atoms with Gasteiger partial charge in [-0.1, -0.05) is 42.5 Å². The maximum Gasteiger partial charge on any atom is 0.233 e. The lowest BCUT2D eigenvalue weighted by atomic mass is 10.1. The molecule has 0 radical (unpaired) electrons. The van der Waals surface area contributed by atoms with Crippen molar-refractivity contribution >= 4 is 18.5 Å². The number of amides is 1. The monoisotopic (exact) mass is 303 g/mol. The van der Waals surface area contributed by atoms with Gasteiger partial charge < -0.3 is 5.32 Å². The fourth-order valence-electron chi connectivity index (χ4n) is 2.03. The lowest BCUT2D eigenvalue weighted by molar-refractivity contribution is -0.120. The summed E-state index contributed by atoms with van der Waals surface area (Å²) in [5, 5.41) is 2.50. The fraction of sp³-hybridized carbons (Fsp3) is 0.235. The molecular weight excluding hydrogens is 285 g/mol. The first kappa shape index (κ1) is 15.6. The van der Waals surface area contributed by atoms with Crippen molar-refractivity contribution in [3.8, 4) is 0 Å². The maximum atomic E-state index is 12.8. The minimum absolute atomic E-state index is 0.0794. The molecule has 2 rings (SSSR count). The number of carbonyl (C=O) groups excluding carboxylic acids is 1. The number of rotatable bonds is 6. The van der Waals surface area contributed by atoms with Crippen LogP contribution in [0.1, 0.15) is 11.1 Å². The zero-order chi connectivity index (χ0) is 15.1. The zero-order valence-electron chi connectivity index (χ0n) is 11.6. The highest BCUT2D eigenvalue weighted by Crippen LogP contribution is 2.08. The first-order valence-corrected chi connectivity index (χ1v) is 7.41. The van der Waals surface area contributed by atoms with Crippen LogP contribution in [0.4, 0.5) is 4.39 Å². The molecule has 0 spiro atoms. The lowest BCUT2D eigenvalue weighted by Gasteiger charge is -2.11. The van der Waals surface area contributed by atoms with Crippen LogP contribution < -0.4 is 5.32 Å². The molecule has 2 aromatic carbocycles. The minimum Gasteiger partial charge on any atom is -0.355 e. The predicted octanol–water partition coefficient (Wildman–Crippen LogP) is 3.03. The first-order valence-electron chi connectivity index (χ1n) is 6.89. The normalized spacial score (nSPS) is 11.9. The van der Waals surface area contributed by atoms with Gasteiger partial charge in [-0.25, -0.2) is 4.39 Å². The smallest absolute Gasteiger partial charge is 0.233 e. The van der Waals surface area contributed by atoms with Crippen LogP contribution in [-0.4, -0.2) is 17.7 Å². The second-order valence-corrected chi connectivity index (χ2v) is 5.50. The summed E-state index contributed by atoms with van der Waals surface area (Å²) >= 11 is 4.35. The Hall–Kier alpha value is -1.81. The molecule has 110 valence electrons. The molecule has 1 amide bonds. The summed E-state index contributed by atoms with van der Waals surface area (Å²) in [7, 11) is 0. The van der Waals surface area contributed by atoms with Gasteiger partial charge in [0, 0.05) is 6.54 Å². The van der Waals surface area contributed by atoms with Crippen molar-refractivity contribution in [2.75, 3.05) is 6.54 Å². The van der Waals surface area contributed by atoms with Gasteiger partial charge in [0.2, 0.25) is 5.91 Å². The molecule has 0 saturated heterocycles. The number of hydrogen-bond acceptors (Lipinski definition) is 2. The molecule has 0 aromatic heterocycles. The van der Waals surface area contributed by atoms with Crippen molar-refractivity contribution in [3.63, 3.8) is 0 Å². The van der Waals surface area contributed by atoms with Crippen LogP contribution in [-0.2, 0) is 17.6 Å². The summed E-state index contributed by atoms with van der Waals surface area (Å²) in [6.07, 6.45) is 1.28. The largest absolute Gasteiger partial charge is 0.355 e. The van der Waals surface area contributed by atoms with E-state index in [9.17, 15) is 9.18 Å². The quantitative estimate of drug-likeness (QED) is 0.789. The molecule has 4 heteroatoms. The van der Waals surface area contributed by atoms with Crippen molar-refractivity contribution in [1.29, 1.82) is 0 Å². The average Bonchev–Trinajstić information content (AvgIpc) is 2.50. The van der Waals surface area contributed by atoms with Crippen LogP contribution in [0.3, 0.4) is 0 Å². The van der Waals surface area contributed by atoms with E-state index < -0.39 is 0 Å². The third-order valence-electron chi connectivity index (χ3n) is 3.20. The van der Waals surface area contributed by atoms with Gasteiger partial charge in [0.15, 0.2) is 0 Å². The fourth-order valence-corrected chi connectivity index (χ4v) is 2.33. The Labute approximate surface area is 129 Å². The van der Waals surface area contributed by atoms with E-state index in [-0.39, 0.29) is 17.0 Å². The molecular formula is C17H18FNOS. The molecule has 0 bridgehead atoms. The summed E-state index contributed by atoms with van der Waals surface area (Å²) in [6, 6.07) is 16.1. The van der Waals surface area contributed by atoms with Gasteiger partial charge in [-0.2, -0.15) is 12.6 Å². The summed E-state index contributed by atoms with van der Waals surface area (Å²) in [5.41, 5.74) is 2.08. The summed E-state index contributed by atoms with van der Waals surface area (Å²) in [6.45, 7) is 0.524. The van der Waals surface area contributed by atoms with E-state index >= 15 is 0 Å². The Bertz CT molecular complexity index is 571. The summed E-state index contributed by atoms with van der Waals surface area (Å²) < 4.78 is 12.8. The molecule has 0 saturated carbocycles. The topological polar surface area (TPSA) is 29.1 Å². The number of thiol groups is 1. The number of hydrogen-bond donors (Lipinski definition) is 2. The van der Waals surface area contributed by atoms with Crippen LogP contribution in [0.5, 0.6) is 0 Å². The van der Waals surface area contributed by atoms with Crippen molar-refractivity contribution < 1.29 is 9.18 Å². The van der Waals surface area contributed by atoms with Gasteiger partial charge in [-0.15, -0.1) is 0 Å². The van der Waals surface area contributed by atoms with E-state index in [4.69, 9.17) is 0 Å². The van der Waals surface area contributed by atoms with E-state index in [0.717, 1.165) is 11.1 Å². The number of benzene rings is 2. The van der Waals surface area contributed by atoms with Crippen molar-refractivity contribution in [3.05, 3.63) is 71.5 Å². The van der Waals surface area contributed by atoms with Crippen molar-refractivity contribution in [1.82, 2.24) is 5.32 Å². The number of nitrogens with one attached hydrogen (secondary N) is 1. The molecule has 1 N–H and O–H groups in total. The Morgan fingerprint density at radius 2 is 1.71 bits per heavy atom. The second-order valence-electron chi connectivity index (χ2n) is 4.87. The van der Waals surface area contributed by atoms with E-state index in [2.05, 4.69) is 17.9 Å². The molecule has 1 unspecified atom stereocenters. The molecule has 0 aliphatic heterocycles. The molecule has 0 fully saturated rings. The Balaban J connectivity index is 1.75. The highest BCUT2D eigenvalue weighted by molar-refractivity contribution is 7.81. The average molecular weight is 303 g/mol. The van der Waals surface area contributed by atoms with Crippen LogP contribution in [0.25, 0.3) is 0 Å². The van der Waals surface area contributed by atoms with Crippen LogP contribution >= 0.6 is 12.6 Å². The molecule has 1 atom stereocenters. The SMILES string of the molecule is O=C(NCCc1ccc(F)cc1)C(S)Cc1ccccc1. The van der Waals surface area contributed by atoms with Crippen LogP contribution in [0.2, 0.25) is 0 Å². The van der Waals surface area contributed by atoms with Crippen LogP contribution in [0, 0.1) is 5.82 Å². The van der Waals surface area contributed by atoms with E-state index in [0.29, 0.717) is 19.4 Å². The molecule has 0 heterocycles. The summed E-state index contributed by atoms with van der Waals surface area (Å²) in [5.74, 6) is -0.328. The van der Waals surface area contributed by atoms with Gasteiger partial charge in [-0.3, -0.25) is 4.79 Å². The number of carbonyl (C=O) groups is 1. The van der Waals surface area contributed by atoms with Gasteiger partial charge in [-0.05, 0) is 36.1 Å². The summed E-state index contributed by atoms with van der Waals surface area (Å²) in [4.78, 5) is 11.9. The Kier molecular flexibility index (Phi) is 5.81. The van der Waals surface area contributed by atoms with Gasteiger partial charge >= 0.3 is 0 Å². The van der Waals surface area contributed by atoms with Gasteiger partial charge in [0.05, 0.1) is 5.25 Å². The zero-order valence-corrected chi connectivity index (χ0v) is 12.5. The minimum atomic E-state index is -0.361. The number of halogens is 1. The first-order chi connectivity index (χ1) is 10.1. The maximum absolute atomic E-state index is 12.8. The van der Waals surface area contributed by atoms with Gasteiger partial charge in [0.25, 0.3) is 0 Å². The van der Waals surface area contributed by atoms with Crippen molar-refractivity contribution in [2.24, 2.45) is 0 Å². The molecule has 2 nitrogen and oxygen atoms in total. The second kappa shape index (κ2) is 7.84. The van der Waals surface area contributed by atoms with Crippen molar-refractivity contribution in [2.45, 2.75) is 18.1 Å². The lowest BCUT2D eigenvalue weighted by Crippen LogP contribution is -2.34. The Morgan fingerprint density at radius 3 is 2.38 bits per heavy atom.